The molecule has 6 heteroatoms. The van der Waals surface area contributed by atoms with E-state index < -0.39 is 17.3 Å². The highest BCUT2D eigenvalue weighted by molar-refractivity contribution is 7.09. The van der Waals surface area contributed by atoms with Crippen LogP contribution in [-0.2, 0) is 20.9 Å². The summed E-state index contributed by atoms with van der Waals surface area (Å²) in [5, 5.41) is 13.5. The largest absolute Gasteiger partial charge is 0.480 e. The molecule has 0 radical (unpaired) electrons. The topological polar surface area (TPSA) is 75.6 Å². The Labute approximate surface area is 96.0 Å². The molecule has 5 nitrogen and oxygen atoms in total. The van der Waals surface area contributed by atoms with E-state index in [9.17, 15) is 9.59 Å². The Hall–Kier alpha value is -1.40. The fraction of sp³-hybridized carbons (Fsp3) is 0.400. The van der Waals surface area contributed by atoms with Crippen molar-refractivity contribution in [3.63, 3.8) is 0 Å². The lowest BCUT2D eigenvalue weighted by atomic mass is 9.85. The maximum absolute atomic E-state index is 11.7. The summed E-state index contributed by atoms with van der Waals surface area (Å²) in [5.74, 6) is -1.60. The second-order valence-corrected chi connectivity index (χ2v) is 4.67. The van der Waals surface area contributed by atoms with Crippen molar-refractivity contribution in [1.82, 2.24) is 5.32 Å². The minimum absolute atomic E-state index is 0.0430. The second-order valence-electron chi connectivity index (χ2n) is 3.64. The molecule has 1 aromatic heterocycles. The summed E-state index contributed by atoms with van der Waals surface area (Å²) in [6.07, 6.45) is 0. The van der Waals surface area contributed by atoms with Gasteiger partial charge in [-0.1, -0.05) is 6.07 Å². The standard InChI is InChI=1S/C10H11NO4S/c12-8(10(9(13)14)5-15-6-10)11-4-7-2-1-3-16-7/h1-3H,4-6H2,(H,11,12)(H,13,14). The van der Waals surface area contributed by atoms with Crippen molar-refractivity contribution in [2.75, 3.05) is 13.2 Å². The molecule has 2 heterocycles. The first-order valence-electron chi connectivity index (χ1n) is 4.77. The number of thiophene rings is 1. The lowest BCUT2D eigenvalue weighted by Crippen LogP contribution is -2.58. The van der Waals surface area contributed by atoms with E-state index >= 15 is 0 Å². The van der Waals surface area contributed by atoms with Crippen molar-refractivity contribution in [2.45, 2.75) is 6.54 Å². The molecule has 1 fully saturated rings. The molecule has 2 rings (SSSR count). The number of carboxylic acids is 1. The number of carbonyl (C=O) groups is 2. The van der Waals surface area contributed by atoms with Crippen LogP contribution in [0.5, 0.6) is 0 Å². The molecule has 0 aromatic carbocycles. The van der Waals surface area contributed by atoms with E-state index in [2.05, 4.69) is 5.32 Å². The third kappa shape index (κ3) is 1.81. The molecule has 1 saturated heterocycles. The van der Waals surface area contributed by atoms with Gasteiger partial charge in [0.25, 0.3) is 0 Å². The lowest BCUT2D eigenvalue weighted by molar-refractivity contribution is -0.185. The predicted octanol–water partition coefficient (Wildman–Crippen LogP) is 0.465. The third-order valence-electron chi connectivity index (χ3n) is 2.54. The van der Waals surface area contributed by atoms with Gasteiger partial charge in [-0.05, 0) is 11.4 Å². The average molecular weight is 241 g/mol. The SMILES string of the molecule is O=C(O)C1(C(=O)NCc2cccs2)COC1. The average Bonchev–Trinajstić information content (AvgIpc) is 2.64. The first kappa shape index (κ1) is 11.1. The molecule has 0 atom stereocenters. The molecule has 0 unspecified atom stereocenters. The Kier molecular flexibility index (Phi) is 2.93. The number of nitrogens with one attached hydrogen (secondary N) is 1. The summed E-state index contributed by atoms with van der Waals surface area (Å²) in [6, 6.07) is 3.77. The Morgan fingerprint density at radius 2 is 2.31 bits per heavy atom. The number of carboxylic acid groups (broad SMARTS) is 1. The summed E-state index contributed by atoms with van der Waals surface area (Å²) in [5.41, 5.74) is -1.38. The van der Waals surface area contributed by atoms with Crippen molar-refractivity contribution >= 4 is 23.2 Å². The molecular weight excluding hydrogens is 230 g/mol. The van der Waals surface area contributed by atoms with Crippen LogP contribution in [0.3, 0.4) is 0 Å². The van der Waals surface area contributed by atoms with Gasteiger partial charge in [-0.2, -0.15) is 0 Å². The fourth-order valence-electron chi connectivity index (χ4n) is 1.41. The fourth-order valence-corrected chi connectivity index (χ4v) is 2.05. The van der Waals surface area contributed by atoms with Gasteiger partial charge in [0.1, 0.15) is 0 Å². The molecule has 0 saturated carbocycles. The van der Waals surface area contributed by atoms with E-state index in [1.807, 2.05) is 17.5 Å². The van der Waals surface area contributed by atoms with Crippen LogP contribution in [0.2, 0.25) is 0 Å². The van der Waals surface area contributed by atoms with Crippen molar-refractivity contribution in [2.24, 2.45) is 5.41 Å². The highest BCUT2D eigenvalue weighted by atomic mass is 32.1. The summed E-state index contributed by atoms with van der Waals surface area (Å²) in [6.45, 7) is 0.281. The predicted molar refractivity (Wildman–Crippen MR) is 57.1 cm³/mol. The maximum atomic E-state index is 11.7. The Balaban J connectivity index is 1.95. The molecule has 0 aliphatic carbocycles. The van der Waals surface area contributed by atoms with E-state index in [1.54, 1.807) is 0 Å². The van der Waals surface area contributed by atoms with Crippen LogP contribution in [-0.4, -0.2) is 30.2 Å². The number of aliphatic carboxylic acids is 1. The maximum Gasteiger partial charge on any atom is 0.324 e. The van der Waals surface area contributed by atoms with Crippen molar-refractivity contribution < 1.29 is 19.4 Å². The zero-order valence-electron chi connectivity index (χ0n) is 8.43. The molecule has 0 bridgehead atoms. The monoisotopic (exact) mass is 241 g/mol. The first-order valence-corrected chi connectivity index (χ1v) is 5.65. The van der Waals surface area contributed by atoms with Crippen molar-refractivity contribution in [3.05, 3.63) is 22.4 Å². The number of hydrogen-bond acceptors (Lipinski definition) is 4. The van der Waals surface area contributed by atoms with Gasteiger partial charge in [-0.3, -0.25) is 9.59 Å². The normalized spacial score (nSPS) is 17.5. The van der Waals surface area contributed by atoms with E-state index in [0.29, 0.717) is 6.54 Å². The number of rotatable bonds is 4. The van der Waals surface area contributed by atoms with Crippen molar-refractivity contribution in [3.8, 4) is 0 Å². The molecule has 16 heavy (non-hydrogen) atoms. The Morgan fingerprint density at radius 1 is 1.56 bits per heavy atom. The molecule has 0 spiro atoms. The highest BCUT2D eigenvalue weighted by Gasteiger charge is 2.53. The minimum atomic E-state index is -1.38. The van der Waals surface area contributed by atoms with Gasteiger partial charge in [-0.25, -0.2) is 0 Å². The van der Waals surface area contributed by atoms with Gasteiger partial charge in [0, 0.05) is 4.88 Å². The molecule has 1 amide bonds. The van der Waals surface area contributed by atoms with Crippen LogP contribution in [0.4, 0.5) is 0 Å². The van der Waals surface area contributed by atoms with E-state index in [1.165, 1.54) is 11.3 Å². The van der Waals surface area contributed by atoms with E-state index in [4.69, 9.17) is 9.84 Å². The van der Waals surface area contributed by atoms with Gasteiger partial charge >= 0.3 is 5.97 Å². The second kappa shape index (κ2) is 4.23. The molecule has 86 valence electrons. The van der Waals surface area contributed by atoms with Crippen LogP contribution in [0.25, 0.3) is 0 Å². The zero-order valence-corrected chi connectivity index (χ0v) is 9.25. The Morgan fingerprint density at radius 3 is 2.75 bits per heavy atom. The highest BCUT2D eigenvalue weighted by Crippen LogP contribution is 2.28. The summed E-state index contributed by atoms with van der Waals surface area (Å²) >= 11 is 1.52. The number of carbonyl (C=O) groups excluding carboxylic acids is 1. The molecule has 1 aliphatic heterocycles. The van der Waals surface area contributed by atoms with Crippen LogP contribution in [0.1, 0.15) is 4.88 Å². The minimum Gasteiger partial charge on any atom is -0.480 e. The lowest BCUT2D eigenvalue weighted by Gasteiger charge is -2.35. The molecule has 1 aromatic rings. The van der Waals surface area contributed by atoms with Crippen LogP contribution in [0, 0.1) is 5.41 Å². The van der Waals surface area contributed by atoms with Crippen LogP contribution in [0.15, 0.2) is 17.5 Å². The van der Waals surface area contributed by atoms with Crippen LogP contribution >= 0.6 is 11.3 Å². The quantitative estimate of drug-likeness (QED) is 0.751. The van der Waals surface area contributed by atoms with Gasteiger partial charge in [-0.15, -0.1) is 11.3 Å². The van der Waals surface area contributed by atoms with Crippen LogP contribution < -0.4 is 5.32 Å². The van der Waals surface area contributed by atoms with Gasteiger partial charge in [0.05, 0.1) is 19.8 Å². The molecular formula is C10H11NO4S. The first-order chi connectivity index (χ1) is 7.65. The van der Waals surface area contributed by atoms with Gasteiger partial charge < -0.3 is 15.2 Å². The number of amides is 1. The molecule has 1 aliphatic rings. The Bertz CT molecular complexity index is 397. The summed E-state index contributed by atoms with van der Waals surface area (Å²) < 4.78 is 4.82. The van der Waals surface area contributed by atoms with E-state index in [-0.39, 0.29) is 13.2 Å². The number of hydrogen-bond donors (Lipinski definition) is 2. The van der Waals surface area contributed by atoms with Crippen molar-refractivity contribution in [1.29, 1.82) is 0 Å². The van der Waals surface area contributed by atoms with Gasteiger partial charge in [0.2, 0.25) is 5.91 Å². The summed E-state index contributed by atoms with van der Waals surface area (Å²) in [7, 11) is 0. The third-order valence-corrected chi connectivity index (χ3v) is 3.42. The van der Waals surface area contributed by atoms with E-state index in [0.717, 1.165) is 4.88 Å². The smallest absolute Gasteiger partial charge is 0.324 e. The molecule has 2 N–H and O–H groups in total. The number of ether oxygens (including phenoxy) is 1. The van der Waals surface area contributed by atoms with Gasteiger partial charge in [0.15, 0.2) is 5.41 Å². The zero-order chi connectivity index (χ0) is 11.6. The summed E-state index contributed by atoms with van der Waals surface area (Å²) in [4.78, 5) is 23.7.